The van der Waals surface area contributed by atoms with Crippen molar-refractivity contribution < 1.29 is 13.2 Å². The summed E-state index contributed by atoms with van der Waals surface area (Å²) in [7, 11) is -3.60. The van der Waals surface area contributed by atoms with Crippen molar-refractivity contribution in [1.29, 1.82) is 0 Å². The molecule has 3 heterocycles. The number of aromatic nitrogens is 1. The second-order valence-electron chi connectivity index (χ2n) is 8.10. The predicted octanol–water partition coefficient (Wildman–Crippen LogP) is 3.54. The summed E-state index contributed by atoms with van der Waals surface area (Å²) in [5.74, 6) is -0.191. The van der Waals surface area contributed by atoms with Crippen molar-refractivity contribution >= 4 is 27.3 Å². The zero-order chi connectivity index (χ0) is 21.6. The van der Waals surface area contributed by atoms with Crippen LogP contribution in [0.2, 0.25) is 0 Å². The maximum Gasteiger partial charge on any atom is 0.243 e. The Morgan fingerprint density at radius 2 is 1.71 bits per heavy atom. The van der Waals surface area contributed by atoms with E-state index in [-0.39, 0.29) is 16.3 Å². The van der Waals surface area contributed by atoms with Crippen LogP contribution < -0.4 is 10.6 Å². The first-order chi connectivity index (χ1) is 14.9. The second-order valence-corrected chi connectivity index (χ2v) is 10.0. The molecule has 1 amide bonds. The largest absolute Gasteiger partial charge is 0.372 e. The Morgan fingerprint density at radius 1 is 1.00 bits per heavy atom. The first-order valence-corrected chi connectivity index (χ1v) is 11.8. The minimum Gasteiger partial charge on any atom is -0.372 e. The molecular formula is C23H24N4O3S. The van der Waals surface area contributed by atoms with Gasteiger partial charge in [0.05, 0.1) is 21.8 Å². The average molecular weight is 437 g/mol. The highest BCUT2D eigenvalue weighted by atomic mass is 32.2. The zero-order valence-electron chi connectivity index (χ0n) is 17.2. The fourth-order valence-corrected chi connectivity index (χ4v) is 6.09. The molecule has 0 bridgehead atoms. The van der Waals surface area contributed by atoms with Crippen molar-refractivity contribution in [2.45, 2.75) is 30.2 Å². The highest BCUT2D eigenvalue weighted by Crippen LogP contribution is 2.43. The highest BCUT2D eigenvalue weighted by molar-refractivity contribution is 7.89. The van der Waals surface area contributed by atoms with E-state index in [4.69, 9.17) is 0 Å². The molecule has 2 aromatic carbocycles. The smallest absolute Gasteiger partial charge is 0.243 e. The Hall–Kier alpha value is -3.10. The monoisotopic (exact) mass is 436 g/mol. The number of nitrogens with one attached hydrogen (secondary N) is 2. The minimum atomic E-state index is -3.60. The Balaban J connectivity index is 1.38. The van der Waals surface area contributed by atoms with E-state index in [1.165, 1.54) is 12.6 Å². The van der Waals surface area contributed by atoms with E-state index < -0.39 is 10.0 Å². The number of benzene rings is 2. The van der Waals surface area contributed by atoms with Crippen molar-refractivity contribution in [1.82, 2.24) is 8.87 Å². The number of rotatable bonds is 3. The lowest BCUT2D eigenvalue weighted by Crippen LogP contribution is -2.50. The van der Waals surface area contributed by atoms with Gasteiger partial charge in [-0.3, -0.25) is 4.79 Å². The molecule has 2 N–H and O–H groups in total. The van der Waals surface area contributed by atoms with Gasteiger partial charge in [-0.2, -0.15) is 4.31 Å². The van der Waals surface area contributed by atoms with Crippen molar-refractivity contribution in [3.63, 3.8) is 0 Å². The van der Waals surface area contributed by atoms with Crippen LogP contribution >= 0.6 is 0 Å². The Bertz CT molecular complexity index is 1240. The number of hydrogen-bond donors (Lipinski definition) is 2. The molecule has 0 saturated carbocycles. The molecule has 1 aromatic heterocycles. The summed E-state index contributed by atoms with van der Waals surface area (Å²) in [5.41, 5.74) is 3.63. The molecule has 0 unspecified atom stereocenters. The van der Waals surface area contributed by atoms with Crippen LogP contribution in [0.25, 0.3) is 5.69 Å². The molecule has 160 valence electrons. The standard InChI is InChI=1S/C23H24N4O3S/c1-17(28)24-18-8-10-19(11-9-18)31(29,30)26-15-12-23(13-16-26)22-7-4-14-27(22)21-6-3-2-5-20(21)25-23/h2-11,14,25H,12-13,15-16H2,1H3,(H,24,28). The highest BCUT2D eigenvalue weighted by Gasteiger charge is 2.43. The van der Waals surface area contributed by atoms with Gasteiger partial charge in [0.1, 0.15) is 0 Å². The van der Waals surface area contributed by atoms with Gasteiger partial charge in [0, 0.05) is 37.6 Å². The van der Waals surface area contributed by atoms with Gasteiger partial charge in [0.25, 0.3) is 0 Å². The maximum atomic E-state index is 13.2. The summed E-state index contributed by atoms with van der Waals surface area (Å²) >= 11 is 0. The summed E-state index contributed by atoms with van der Waals surface area (Å²) in [6.07, 6.45) is 3.42. The van der Waals surface area contributed by atoms with Gasteiger partial charge < -0.3 is 15.2 Å². The van der Waals surface area contributed by atoms with Gasteiger partial charge in [-0.1, -0.05) is 12.1 Å². The lowest BCUT2D eigenvalue weighted by molar-refractivity contribution is -0.114. The van der Waals surface area contributed by atoms with Crippen molar-refractivity contribution in [3.05, 3.63) is 72.6 Å². The topological polar surface area (TPSA) is 83.4 Å². The Kier molecular flexibility index (Phi) is 4.64. The van der Waals surface area contributed by atoms with E-state index in [2.05, 4.69) is 39.6 Å². The van der Waals surface area contributed by atoms with Gasteiger partial charge in [-0.25, -0.2) is 8.42 Å². The Labute approximate surface area is 181 Å². The normalized spacial score (nSPS) is 17.5. The van der Waals surface area contributed by atoms with Gasteiger partial charge >= 0.3 is 0 Å². The molecule has 3 aromatic rings. The second kappa shape index (κ2) is 7.25. The average Bonchev–Trinajstić information content (AvgIpc) is 3.26. The number of piperidine rings is 1. The van der Waals surface area contributed by atoms with Crippen molar-refractivity contribution in [3.8, 4) is 5.69 Å². The minimum absolute atomic E-state index is 0.191. The molecule has 0 atom stereocenters. The number of hydrogen-bond acceptors (Lipinski definition) is 4. The van der Waals surface area contributed by atoms with Gasteiger partial charge in [0.2, 0.25) is 15.9 Å². The summed E-state index contributed by atoms with van der Waals surface area (Å²) < 4.78 is 30.2. The third-order valence-corrected chi connectivity index (χ3v) is 8.08. The summed E-state index contributed by atoms with van der Waals surface area (Å²) in [5, 5.41) is 6.37. The molecule has 1 fully saturated rings. The van der Waals surface area contributed by atoms with Gasteiger partial charge in [0.15, 0.2) is 0 Å². The number of sulfonamides is 1. The molecule has 1 saturated heterocycles. The van der Waals surface area contributed by atoms with Gasteiger partial charge in [-0.15, -0.1) is 0 Å². The summed E-state index contributed by atoms with van der Waals surface area (Å²) in [6, 6.07) is 18.7. The fraction of sp³-hybridized carbons (Fsp3) is 0.261. The molecule has 5 rings (SSSR count). The van der Waals surface area contributed by atoms with Crippen LogP contribution in [-0.4, -0.2) is 36.3 Å². The predicted molar refractivity (Wildman–Crippen MR) is 120 cm³/mol. The van der Waals surface area contributed by atoms with Crippen LogP contribution in [0, 0.1) is 0 Å². The van der Waals surface area contributed by atoms with Crippen LogP contribution in [0.4, 0.5) is 11.4 Å². The zero-order valence-corrected chi connectivity index (χ0v) is 18.0. The summed E-state index contributed by atoms with van der Waals surface area (Å²) in [4.78, 5) is 11.4. The maximum absolute atomic E-state index is 13.2. The van der Waals surface area contributed by atoms with Crippen LogP contribution in [-0.2, 0) is 20.4 Å². The SMILES string of the molecule is CC(=O)Nc1ccc(S(=O)(=O)N2CCC3(CC2)Nc2ccccc2-n2cccc23)cc1. The molecule has 1 spiro atoms. The number of carbonyl (C=O) groups is 1. The van der Waals surface area contributed by atoms with Crippen LogP contribution in [0.1, 0.15) is 25.5 Å². The molecule has 0 aliphatic carbocycles. The number of nitrogens with zero attached hydrogens (tertiary/aromatic N) is 2. The summed E-state index contributed by atoms with van der Waals surface area (Å²) in [6.45, 7) is 2.27. The fourth-order valence-electron chi connectivity index (χ4n) is 4.64. The van der Waals surface area contributed by atoms with E-state index in [0.717, 1.165) is 11.4 Å². The number of fused-ring (bicyclic) bond motifs is 4. The lowest BCUT2D eigenvalue weighted by Gasteiger charge is -2.45. The Morgan fingerprint density at radius 3 is 2.42 bits per heavy atom. The van der Waals surface area contributed by atoms with Gasteiger partial charge in [-0.05, 0) is 61.4 Å². The quantitative estimate of drug-likeness (QED) is 0.658. The molecule has 7 nitrogen and oxygen atoms in total. The first-order valence-electron chi connectivity index (χ1n) is 10.3. The van der Waals surface area contributed by atoms with E-state index in [0.29, 0.717) is 31.6 Å². The molecule has 31 heavy (non-hydrogen) atoms. The number of para-hydroxylation sites is 2. The van der Waals surface area contributed by atoms with E-state index in [9.17, 15) is 13.2 Å². The first kappa shape index (κ1) is 19.8. The number of carbonyl (C=O) groups excluding carboxylic acids is 1. The van der Waals surface area contributed by atoms with E-state index in [1.54, 1.807) is 28.6 Å². The van der Waals surface area contributed by atoms with Crippen molar-refractivity contribution in [2.24, 2.45) is 0 Å². The molecule has 2 aliphatic heterocycles. The van der Waals surface area contributed by atoms with Crippen LogP contribution in [0.5, 0.6) is 0 Å². The third-order valence-electron chi connectivity index (χ3n) is 6.17. The van der Waals surface area contributed by atoms with Crippen molar-refractivity contribution in [2.75, 3.05) is 23.7 Å². The van der Waals surface area contributed by atoms with Crippen LogP contribution in [0.15, 0.2) is 71.8 Å². The molecular weight excluding hydrogens is 412 g/mol. The van der Waals surface area contributed by atoms with Crippen LogP contribution in [0.3, 0.4) is 0 Å². The lowest BCUT2D eigenvalue weighted by atomic mass is 9.83. The molecule has 0 radical (unpaired) electrons. The van der Waals surface area contributed by atoms with E-state index in [1.807, 2.05) is 18.2 Å². The third kappa shape index (κ3) is 3.32. The number of amides is 1. The molecule has 8 heteroatoms. The van der Waals surface area contributed by atoms with E-state index >= 15 is 0 Å². The number of anilines is 2. The molecule has 2 aliphatic rings.